The number of hydrogen-bond acceptors (Lipinski definition) is 3. The van der Waals surface area contributed by atoms with Gasteiger partial charge in [-0.1, -0.05) is 50.2 Å². The van der Waals surface area contributed by atoms with E-state index in [0.717, 1.165) is 19.6 Å². The van der Waals surface area contributed by atoms with Crippen LogP contribution in [-0.4, -0.2) is 47.8 Å². The lowest BCUT2D eigenvalue weighted by molar-refractivity contribution is -0.134. The molecule has 2 N–H and O–H groups in total. The van der Waals surface area contributed by atoms with Crippen molar-refractivity contribution in [2.45, 2.75) is 20.4 Å². The maximum absolute atomic E-state index is 12.4. The number of rotatable bonds is 5. The van der Waals surface area contributed by atoms with E-state index in [9.17, 15) is 9.59 Å². The van der Waals surface area contributed by atoms with Gasteiger partial charge in [-0.05, 0) is 22.4 Å². The molecule has 137 valence electrons. The molecule has 26 heavy (non-hydrogen) atoms. The summed E-state index contributed by atoms with van der Waals surface area (Å²) in [5.41, 5.74) is 5.71. The maximum atomic E-state index is 12.4. The Hall–Kier alpha value is -2.40. The molecule has 5 nitrogen and oxygen atoms in total. The number of fused-ring (bicyclic) bond motifs is 1. The summed E-state index contributed by atoms with van der Waals surface area (Å²) in [5, 5.41) is 2.50. The third-order valence-corrected chi connectivity index (χ3v) is 5.02. The Bertz CT molecular complexity index is 808. The van der Waals surface area contributed by atoms with Crippen molar-refractivity contribution in [1.82, 2.24) is 9.80 Å². The van der Waals surface area contributed by atoms with Crippen molar-refractivity contribution in [2.24, 2.45) is 11.1 Å². The molecule has 2 aromatic carbocycles. The van der Waals surface area contributed by atoms with E-state index >= 15 is 0 Å². The van der Waals surface area contributed by atoms with Gasteiger partial charge in [0.2, 0.25) is 11.8 Å². The van der Waals surface area contributed by atoms with E-state index in [-0.39, 0.29) is 5.91 Å². The molecule has 1 fully saturated rings. The fourth-order valence-electron chi connectivity index (χ4n) is 3.19. The van der Waals surface area contributed by atoms with Crippen molar-refractivity contribution in [3.05, 3.63) is 54.4 Å². The van der Waals surface area contributed by atoms with Gasteiger partial charge in [-0.2, -0.15) is 0 Å². The first-order valence-electron chi connectivity index (χ1n) is 9.00. The van der Waals surface area contributed by atoms with Gasteiger partial charge < -0.3 is 10.6 Å². The van der Waals surface area contributed by atoms with Crippen LogP contribution in [0, 0.1) is 11.8 Å². The van der Waals surface area contributed by atoms with Crippen LogP contribution in [0.5, 0.6) is 0 Å². The minimum atomic E-state index is -0.917. The summed E-state index contributed by atoms with van der Waals surface area (Å²) in [6.07, 6.45) is 1.44. The van der Waals surface area contributed by atoms with Crippen molar-refractivity contribution >= 4 is 22.6 Å². The Balaban J connectivity index is 1.54. The van der Waals surface area contributed by atoms with E-state index in [2.05, 4.69) is 47.4 Å². The number of primary amides is 1. The standard InChI is InChI=1S/C21H26N3O2/c1-21(2,20(22)26)14-19(25)24-11-9-23(10-12-24)15-16-7-8-17-5-3-4-6-18(17)13-16/h3-8,13-14H,9-12,15H2,1-2H3,(H2,22,26). The Kier molecular flexibility index (Phi) is 5.28. The molecule has 0 saturated carbocycles. The fraction of sp³-hybridized carbons (Fsp3) is 0.381. The highest BCUT2D eigenvalue weighted by atomic mass is 16.2. The van der Waals surface area contributed by atoms with Gasteiger partial charge in [-0.25, -0.2) is 0 Å². The summed E-state index contributed by atoms with van der Waals surface area (Å²) in [6.45, 7) is 7.19. The molecule has 0 aromatic heterocycles. The first-order chi connectivity index (χ1) is 12.3. The molecule has 1 aliphatic rings. The molecule has 0 aliphatic carbocycles. The van der Waals surface area contributed by atoms with Crippen LogP contribution in [0.4, 0.5) is 0 Å². The van der Waals surface area contributed by atoms with E-state index < -0.39 is 11.3 Å². The quantitative estimate of drug-likeness (QED) is 0.897. The number of nitrogens with two attached hydrogens (primary N) is 1. The minimum Gasteiger partial charge on any atom is -0.369 e. The van der Waals surface area contributed by atoms with Crippen LogP contribution in [0.1, 0.15) is 19.4 Å². The van der Waals surface area contributed by atoms with Crippen molar-refractivity contribution in [1.29, 1.82) is 0 Å². The molecule has 1 aliphatic heterocycles. The predicted molar refractivity (Wildman–Crippen MR) is 103 cm³/mol. The second-order valence-corrected chi connectivity index (χ2v) is 7.51. The summed E-state index contributed by atoms with van der Waals surface area (Å²) in [6, 6.07) is 14.9. The van der Waals surface area contributed by atoms with Crippen LogP contribution in [0.15, 0.2) is 42.5 Å². The van der Waals surface area contributed by atoms with Crippen molar-refractivity contribution < 1.29 is 9.59 Å². The molecule has 1 radical (unpaired) electrons. The number of hydrogen-bond donors (Lipinski definition) is 1. The van der Waals surface area contributed by atoms with Gasteiger partial charge in [-0.3, -0.25) is 14.5 Å². The molecule has 0 bridgehead atoms. The zero-order valence-corrected chi connectivity index (χ0v) is 15.4. The van der Waals surface area contributed by atoms with Gasteiger partial charge in [0.25, 0.3) is 0 Å². The normalized spacial score (nSPS) is 16.0. The Morgan fingerprint density at radius 1 is 1.04 bits per heavy atom. The van der Waals surface area contributed by atoms with E-state index in [0.29, 0.717) is 13.1 Å². The second kappa shape index (κ2) is 7.46. The topological polar surface area (TPSA) is 66.6 Å². The molecule has 5 heteroatoms. The average molecular weight is 352 g/mol. The molecule has 2 amide bonds. The van der Waals surface area contributed by atoms with Gasteiger partial charge in [-0.15, -0.1) is 0 Å². The zero-order chi connectivity index (χ0) is 18.7. The van der Waals surface area contributed by atoms with Crippen LogP contribution in [0.2, 0.25) is 0 Å². The molecule has 2 aromatic rings. The number of amides is 2. The lowest BCUT2D eigenvalue weighted by atomic mass is 9.88. The van der Waals surface area contributed by atoms with Crippen LogP contribution in [0.3, 0.4) is 0 Å². The van der Waals surface area contributed by atoms with E-state index in [1.807, 2.05) is 0 Å². The average Bonchev–Trinajstić information content (AvgIpc) is 2.61. The highest BCUT2D eigenvalue weighted by Gasteiger charge is 2.32. The third kappa shape index (κ3) is 4.22. The molecule has 1 saturated heterocycles. The summed E-state index contributed by atoms with van der Waals surface area (Å²) in [7, 11) is 0. The second-order valence-electron chi connectivity index (χ2n) is 7.51. The van der Waals surface area contributed by atoms with Crippen LogP contribution < -0.4 is 5.73 Å². The lowest BCUT2D eigenvalue weighted by Gasteiger charge is -2.36. The fourth-order valence-corrected chi connectivity index (χ4v) is 3.19. The number of piperazine rings is 1. The monoisotopic (exact) mass is 352 g/mol. The van der Waals surface area contributed by atoms with Gasteiger partial charge in [0.15, 0.2) is 0 Å². The molecule has 3 rings (SSSR count). The van der Waals surface area contributed by atoms with Crippen molar-refractivity contribution in [3.8, 4) is 0 Å². The summed E-state index contributed by atoms with van der Waals surface area (Å²) < 4.78 is 0. The molecule has 0 atom stereocenters. The Labute approximate surface area is 154 Å². The summed E-state index contributed by atoms with van der Waals surface area (Å²) >= 11 is 0. The van der Waals surface area contributed by atoms with Gasteiger partial charge in [0.05, 0.1) is 11.8 Å². The van der Waals surface area contributed by atoms with Gasteiger partial charge >= 0.3 is 0 Å². The van der Waals surface area contributed by atoms with E-state index in [4.69, 9.17) is 5.73 Å². The summed E-state index contributed by atoms with van der Waals surface area (Å²) in [5.74, 6) is -0.597. The number of nitrogens with zero attached hydrogens (tertiary/aromatic N) is 2. The van der Waals surface area contributed by atoms with E-state index in [1.165, 1.54) is 22.8 Å². The first kappa shape index (κ1) is 18.4. The molecule has 1 heterocycles. The van der Waals surface area contributed by atoms with E-state index in [1.54, 1.807) is 18.7 Å². The highest BCUT2D eigenvalue weighted by Crippen LogP contribution is 2.21. The number of carbonyl (C=O) groups is 2. The third-order valence-electron chi connectivity index (χ3n) is 5.02. The summed E-state index contributed by atoms with van der Waals surface area (Å²) in [4.78, 5) is 27.9. The smallest absolute Gasteiger partial charge is 0.227 e. The SMILES string of the molecule is CC(C)([CH]C(=O)N1CCN(Cc2ccc3ccccc3c2)CC1)C(N)=O. The van der Waals surface area contributed by atoms with Crippen LogP contribution in [-0.2, 0) is 16.1 Å². The zero-order valence-electron chi connectivity index (χ0n) is 15.4. The Morgan fingerprint density at radius 2 is 1.69 bits per heavy atom. The predicted octanol–water partition coefficient (Wildman–Crippen LogP) is 2.20. The van der Waals surface area contributed by atoms with Crippen molar-refractivity contribution in [3.63, 3.8) is 0 Å². The molecule has 0 unspecified atom stereocenters. The van der Waals surface area contributed by atoms with Gasteiger partial charge in [0, 0.05) is 32.7 Å². The largest absolute Gasteiger partial charge is 0.369 e. The molecular formula is C21H26N3O2. The van der Waals surface area contributed by atoms with Crippen LogP contribution in [0.25, 0.3) is 10.8 Å². The lowest BCUT2D eigenvalue weighted by Crippen LogP contribution is -2.50. The Morgan fingerprint density at radius 3 is 2.35 bits per heavy atom. The maximum Gasteiger partial charge on any atom is 0.227 e. The highest BCUT2D eigenvalue weighted by molar-refractivity contribution is 5.94. The minimum absolute atomic E-state index is 0.112. The van der Waals surface area contributed by atoms with Crippen molar-refractivity contribution in [2.75, 3.05) is 26.2 Å². The van der Waals surface area contributed by atoms with Gasteiger partial charge in [0.1, 0.15) is 0 Å². The molecule has 0 spiro atoms. The van der Waals surface area contributed by atoms with Crippen LogP contribution >= 0.6 is 0 Å². The number of benzene rings is 2. The number of carbonyl (C=O) groups excluding carboxylic acids is 2. The molecular weight excluding hydrogens is 326 g/mol. The first-order valence-corrected chi connectivity index (χ1v) is 9.00.